The number of likely N-dealkylation sites (tertiary alicyclic amines) is 1. The van der Waals surface area contributed by atoms with E-state index in [4.69, 9.17) is 4.74 Å². The highest BCUT2D eigenvalue weighted by molar-refractivity contribution is 5.90. The fourth-order valence-electron chi connectivity index (χ4n) is 3.72. The molecule has 2 saturated heterocycles. The molecule has 0 bridgehead atoms. The number of rotatable bonds is 6. The number of para-hydroxylation sites is 1. The largest absolute Gasteiger partial charge is 0.377 e. The molecule has 154 valence electrons. The van der Waals surface area contributed by atoms with Gasteiger partial charge in [-0.15, -0.1) is 0 Å². The summed E-state index contributed by atoms with van der Waals surface area (Å²) in [4.78, 5) is 31.0. The molecule has 0 radical (unpaired) electrons. The lowest BCUT2D eigenvalue weighted by atomic mass is 10.1. The fraction of sp³-hybridized carbons (Fsp3) is 0.619. The van der Waals surface area contributed by atoms with Crippen LogP contribution in [0.25, 0.3) is 0 Å². The first kappa shape index (κ1) is 20.6. The monoisotopic (exact) mass is 388 g/mol. The maximum Gasteiger partial charge on any atom is 0.321 e. The van der Waals surface area contributed by atoms with Crippen molar-refractivity contribution in [2.24, 2.45) is 0 Å². The smallest absolute Gasteiger partial charge is 0.321 e. The Kier molecular flexibility index (Phi) is 7.68. The molecule has 3 amide bonds. The highest BCUT2D eigenvalue weighted by atomic mass is 16.5. The van der Waals surface area contributed by atoms with E-state index >= 15 is 0 Å². The Hall–Kier alpha value is -2.12. The molecule has 1 aromatic carbocycles. The molecule has 0 saturated carbocycles. The van der Waals surface area contributed by atoms with E-state index in [1.165, 1.54) is 6.42 Å². The standard InChI is InChI=1S/C21H32N4O3/c1-2-28-17-18-8-4-5-9-19(18)22-21(27)25-14-12-23(13-15-25)16-20(26)24-10-6-3-7-11-24/h4-5,8-9H,2-3,6-7,10-17H2,1H3,(H,22,27). The minimum absolute atomic E-state index is 0.0917. The Labute approximate surface area is 167 Å². The van der Waals surface area contributed by atoms with Crippen LogP contribution in [0.2, 0.25) is 0 Å². The number of nitrogens with zero attached hydrogens (tertiary/aromatic N) is 3. The Bertz CT molecular complexity index is 653. The van der Waals surface area contributed by atoms with Crippen molar-refractivity contribution >= 4 is 17.6 Å². The van der Waals surface area contributed by atoms with Crippen LogP contribution in [-0.4, -0.2) is 79.1 Å². The molecule has 2 aliphatic rings. The molecule has 0 aromatic heterocycles. The number of ether oxygens (including phenoxy) is 1. The molecule has 2 heterocycles. The quantitative estimate of drug-likeness (QED) is 0.813. The minimum atomic E-state index is -0.0917. The van der Waals surface area contributed by atoms with Crippen LogP contribution >= 0.6 is 0 Å². The number of benzene rings is 1. The summed E-state index contributed by atoms with van der Waals surface area (Å²) in [6.45, 7) is 8.05. The average Bonchev–Trinajstić information content (AvgIpc) is 2.74. The third kappa shape index (κ3) is 5.69. The van der Waals surface area contributed by atoms with Crippen LogP contribution in [0, 0.1) is 0 Å². The van der Waals surface area contributed by atoms with Gasteiger partial charge in [0.05, 0.1) is 13.2 Å². The van der Waals surface area contributed by atoms with E-state index in [-0.39, 0.29) is 11.9 Å². The van der Waals surface area contributed by atoms with Gasteiger partial charge in [-0.05, 0) is 32.3 Å². The van der Waals surface area contributed by atoms with E-state index in [1.807, 2.05) is 41.0 Å². The predicted molar refractivity (Wildman–Crippen MR) is 109 cm³/mol. The van der Waals surface area contributed by atoms with Gasteiger partial charge in [0, 0.05) is 57.1 Å². The van der Waals surface area contributed by atoms with Gasteiger partial charge < -0.3 is 19.9 Å². The van der Waals surface area contributed by atoms with Gasteiger partial charge in [0.2, 0.25) is 5.91 Å². The molecular formula is C21H32N4O3. The number of amides is 3. The second-order valence-corrected chi connectivity index (χ2v) is 7.43. The SMILES string of the molecule is CCOCc1ccccc1NC(=O)N1CCN(CC(=O)N2CCCCC2)CC1. The van der Waals surface area contributed by atoms with E-state index < -0.39 is 0 Å². The van der Waals surface area contributed by atoms with Crippen LogP contribution < -0.4 is 5.32 Å². The molecule has 3 rings (SSSR count). The number of carbonyl (C=O) groups is 2. The Morgan fingerprint density at radius 1 is 0.964 bits per heavy atom. The van der Waals surface area contributed by atoms with Crippen molar-refractivity contribution in [1.82, 2.24) is 14.7 Å². The number of hydrogen-bond acceptors (Lipinski definition) is 4. The van der Waals surface area contributed by atoms with E-state index in [0.29, 0.717) is 32.8 Å². The van der Waals surface area contributed by atoms with Gasteiger partial charge in [-0.1, -0.05) is 18.2 Å². The zero-order chi connectivity index (χ0) is 19.8. The molecule has 7 heteroatoms. The van der Waals surface area contributed by atoms with Crippen molar-refractivity contribution in [3.05, 3.63) is 29.8 Å². The summed E-state index contributed by atoms with van der Waals surface area (Å²) in [5, 5.41) is 3.01. The lowest BCUT2D eigenvalue weighted by Crippen LogP contribution is -2.52. The Morgan fingerprint density at radius 3 is 2.39 bits per heavy atom. The average molecular weight is 389 g/mol. The van der Waals surface area contributed by atoms with Gasteiger partial charge in [0.1, 0.15) is 0 Å². The number of anilines is 1. The first-order chi connectivity index (χ1) is 13.7. The number of nitrogens with one attached hydrogen (secondary N) is 1. The summed E-state index contributed by atoms with van der Waals surface area (Å²) in [5.41, 5.74) is 1.77. The van der Waals surface area contributed by atoms with Crippen LogP contribution in [0.4, 0.5) is 10.5 Å². The molecule has 2 fully saturated rings. The minimum Gasteiger partial charge on any atom is -0.377 e. The van der Waals surface area contributed by atoms with Gasteiger partial charge >= 0.3 is 6.03 Å². The van der Waals surface area contributed by atoms with Crippen LogP contribution in [0.3, 0.4) is 0 Å². The highest BCUT2D eigenvalue weighted by Crippen LogP contribution is 2.17. The Balaban J connectivity index is 1.45. The van der Waals surface area contributed by atoms with E-state index in [1.54, 1.807) is 0 Å². The molecule has 0 unspecified atom stereocenters. The zero-order valence-electron chi connectivity index (χ0n) is 16.9. The molecule has 0 atom stereocenters. The summed E-state index contributed by atoms with van der Waals surface area (Å²) in [5.74, 6) is 0.224. The van der Waals surface area contributed by atoms with Gasteiger partial charge in [0.15, 0.2) is 0 Å². The summed E-state index contributed by atoms with van der Waals surface area (Å²) >= 11 is 0. The second kappa shape index (κ2) is 10.4. The van der Waals surface area contributed by atoms with Gasteiger partial charge in [0.25, 0.3) is 0 Å². The van der Waals surface area contributed by atoms with Crippen molar-refractivity contribution in [3.8, 4) is 0 Å². The molecule has 28 heavy (non-hydrogen) atoms. The maximum atomic E-state index is 12.7. The summed E-state index contributed by atoms with van der Waals surface area (Å²) in [6.07, 6.45) is 3.46. The Morgan fingerprint density at radius 2 is 1.68 bits per heavy atom. The van der Waals surface area contributed by atoms with E-state index in [9.17, 15) is 9.59 Å². The molecule has 0 spiro atoms. The van der Waals surface area contributed by atoms with Gasteiger partial charge in [-0.2, -0.15) is 0 Å². The molecule has 0 aliphatic carbocycles. The lowest BCUT2D eigenvalue weighted by Gasteiger charge is -2.36. The maximum absolute atomic E-state index is 12.7. The van der Waals surface area contributed by atoms with Crippen molar-refractivity contribution in [1.29, 1.82) is 0 Å². The third-order valence-corrected chi connectivity index (χ3v) is 5.45. The van der Waals surface area contributed by atoms with Crippen LogP contribution in [0.5, 0.6) is 0 Å². The number of urea groups is 1. The molecule has 1 aromatic rings. The van der Waals surface area contributed by atoms with E-state index in [2.05, 4.69) is 10.2 Å². The zero-order valence-corrected chi connectivity index (χ0v) is 16.9. The summed E-state index contributed by atoms with van der Waals surface area (Å²) in [7, 11) is 0. The summed E-state index contributed by atoms with van der Waals surface area (Å²) in [6, 6.07) is 7.64. The number of piperazine rings is 1. The third-order valence-electron chi connectivity index (χ3n) is 5.45. The summed E-state index contributed by atoms with van der Waals surface area (Å²) < 4.78 is 5.48. The number of carbonyl (C=O) groups excluding carboxylic acids is 2. The topological polar surface area (TPSA) is 65.1 Å². The molecule has 2 aliphatic heterocycles. The number of hydrogen-bond donors (Lipinski definition) is 1. The van der Waals surface area contributed by atoms with Crippen molar-refractivity contribution in [2.45, 2.75) is 32.8 Å². The van der Waals surface area contributed by atoms with Crippen molar-refractivity contribution in [2.75, 3.05) is 57.7 Å². The molecule has 1 N–H and O–H groups in total. The van der Waals surface area contributed by atoms with Gasteiger partial charge in [-0.3, -0.25) is 9.69 Å². The first-order valence-corrected chi connectivity index (χ1v) is 10.4. The highest BCUT2D eigenvalue weighted by Gasteiger charge is 2.25. The lowest BCUT2D eigenvalue weighted by molar-refractivity contribution is -0.133. The molecule has 7 nitrogen and oxygen atoms in total. The van der Waals surface area contributed by atoms with Crippen molar-refractivity contribution in [3.63, 3.8) is 0 Å². The van der Waals surface area contributed by atoms with Crippen LogP contribution in [0.1, 0.15) is 31.7 Å². The van der Waals surface area contributed by atoms with Crippen LogP contribution in [-0.2, 0) is 16.1 Å². The van der Waals surface area contributed by atoms with Crippen molar-refractivity contribution < 1.29 is 14.3 Å². The second-order valence-electron chi connectivity index (χ2n) is 7.43. The van der Waals surface area contributed by atoms with E-state index in [0.717, 1.165) is 50.3 Å². The normalized spacial score (nSPS) is 18.2. The number of piperidine rings is 1. The molecular weight excluding hydrogens is 356 g/mol. The first-order valence-electron chi connectivity index (χ1n) is 10.4. The van der Waals surface area contributed by atoms with Gasteiger partial charge in [-0.25, -0.2) is 4.79 Å². The fourth-order valence-corrected chi connectivity index (χ4v) is 3.72. The van der Waals surface area contributed by atoms with Crippen LogP contribution in [0.15, 0.2) is 24.3 Å². The predicted octanol–water partition coefficient (Wildman–Crippen LogP) is 2.39.